The minimum absolute atomic E-state index is 0.420. The molecule has 0 spiro atoms. The topological polar surface area (TPSA) is 116 Å². The van der Waals surface area contributed by atoms with E-state index in [0.29, 0.717) is 11.4 Å². The van der Waals surface area contributed by atoms with E-state index in [1.54, 1.807) is 29.1 Å². The Balaban J connectivity index is 2.11. The lowest BCUT2D eigenvalue weighted by atomic mass is 10.1. The van der Waals surface area contributed by atoms with Gasteiger partial charge in [-0.25, -0.2) is 14.3 Å². The Kier molecular flexibility index (Phi) is 4.65. The van der Waals surface area contributed by atoms with Gasteiger partial charge in [0.25, 0.3) is 0 Å². The van der Waals surface area contributed by atoms with Gasteiger partial charge in [0, 0.05) is 11.9 Å². The highest BCUT2D eigenvalue weighted by molar-refractivity contribution is 5.92. The molecule has 4 N–H and O–H groups in total. The first-order valence-corrected chi connectivity index (χ1v) is 6.92. The van der Waals surface area contributed by atoms with Gasteiger partial charge in [0.15, 0.2) is 5.60 Å². The van der Waals surface area contributed by atoms with E-state index in [0.717, 1.165) is 12.6 Å². The number of anilines is 1. The predicted octanol–water partition coefficient (Wildman–Crippen LogP) is 1.14. The fourth-order valence-electron chi connectivity index (χ4n) is 1.88. The zero-order valence-corrected chi connectivity index (χ0v) is 12.8. The van der Waals surface area contributed by atoms with E-state index in [1.807, 2.05) is 19.1 Å². The Morgan fingerprint density at radius 2 is 2.00 bits per heavy atom. The van der Waals surface area contributed by atoms with Gasteiger partial charge in [-0.2, -0.15) is 5.10 Å². The number of benzene rings is 1. The SMILES string of the molecule is Cc1ccnn1-c1ccccc1NC(=O)NCC(C)(O)C(=O)O. The highest BCUT2D eigenvalue weighted by Crippen LogP contribution is 2.20. The van der Waals surface area contributed by atoms with Crippen molar-refractivity contribution < 1.29 is 19.8 Å². The standard InChI is InChI=1S/C15H18N4O4/c1-10-7-8-17-19(10)12-6-4-3-5-11(12)18-14(22)16-9-15(2,23)13(20)21/h3-8,23H,9H2,1-2H3,(H,20,21)(H2,16,18,22). The molecule has 1 unspecified atom stereocenters. The van der Waals surface area contributed by atoms with Crippen LogP contribution in [-0.2, 0) is 4.79 Å². The fourth-order valence-corrected chi connectivity index (χ4v) is 1.88. The normalized spacial score (nSPS) is 13.2. The summed E-state index contributed by atoms with van der Waals surface area (Å²) in [6.45, 7) is 2.57. The van der Waals surface area contributed by atoms with Crippen LogP contribution < -0.4 is 10.6 Å². The Labute approximate surface area is 132 Å². The van der Waals surface area contributed by atoms with E-state index < -0.39 is 24.1 Å². The number of aryl methyl sites for hydroxylation is 1. The van der Waals surface area contributed by atoms with Crippen LogP contribution >= 0.6 is 0 Å². The molecular formula is C15H18N4O4. The number of para-hydroxylation sites is 2. The number of carbonyl (C=O) groups is 2. The van der Waals surface area contributed by atoms with Gasteiger partial charge in [0.1, 0.15) is 0 Å². The second-order valence-electron chi connectivity index (χ2n) is 5.29. The van der Waals surface area contributed by atoms with Gasteiger partial charge in [0.05, 0.1) is 17.9 Å². The van der Waals surface area contributed by atoms with Crippen molar-refractivity contribution in [3.8, 4) is 5.69 Å². The van der Waals surface area contributed by atoms with Crippen LogP contribution in [0.4, 0.5) is 10.5 Å². The second kappa shape index (κ2) is 6.49. The Morgan fingerprint density at radius 3 is 2.61 bits per heavy atom. The number of amides is 2. The number of nitrogens with one attached hydrogen (secondary N) is 2. The third-order valence-corrected chi connectivity index (χ3v) is 3.27. The number of hydrogen-bond donors (Lipinski definition) is 4. The van der Waals surface area contributed by atoms with Crippen LogP contribution in [0.2, 0.25) is 0 Å². The Hall–Kier alpha value is -2.87. The molecule has 8 heteroatoms. The quantitative estimate of drug-likeness (QED) is 0.659. The number of carboxylic acid groups (broad SMARTS) is 1. The number of aromatic nitrogens is 2. The lowest BCUT2D eigenvalue weighted by molar-refractivity contribution is -0.155. The number of hydrogen-bond acceptors (Lipinski definition) is 4. The average Bonchev–Trinajstić information content (AvgIpc) is 2.92. The van der Waals surface area contributed by atoms with Crippen LogP contribution in [-0.4, -0.2) is 44.1 Å². The second-order valence-corrected chi connectivity index (χ2v) is 5.29. The van der Waals surface area contributed by atoms with Crippen molar-refractivity contribution in [2.75, 3.05) is 11.9 Å². The molecule has 1 aromatic heterocycles. The summed E-state index contributed by atoms with van der Waals surface area (Å²) in [5.41, 5.74) is 0.0467. The van der Waals surface area contributed by atoms with E-state index in [1.165, 1.54) is 0 Å². The molecule has 1 atom stereocenters. The molecule has 0 fully saturated rings. The Morgan fingerprint density at radius 1 is 1.30 bits per heavy atom. The Bertz CT molecular complexity index is 724. The highest BCUT2D eigenvalue weighted by atomic mass is 16.4. The van der Waals surface area contributed by atoms with Gasteiger partial charge in [-0.1, -0.05) is 12.1 Å². The van der Waals surface area contributed by atoms with Crippen molar-refractivity contribution in [1.82, 2.24) is 15.1 Å². The summed E-state index contributed by atoms with van der Waals surface area (Å²) in [5.74, 6) is -1.41. The van der Waals surface area contributed by atoms with Gasteiger partial charge in [-0.3, -0.25) is 0 Å². The number of urea groups is 1. The number of aliphatic carboxylic acids is 1. The zero-order valence-electron chi connectivity index (χ0n) is 12.8. The molecule has 0 saturated carbocycles. The molecule has 0 aliphatic carbocycles. The summed E-state index contributed by atoms with van der Waals surface area (Å²) in [5, 5.41) is 27.5. The van der Waals surface area contributed by atoms with Crippen LogP contribution in [0.1, 0.15) is 12.6 Å². The van der Waals surface area contributed by atoms with Gasteiger partial charge in [-0.15, -0.1) is 0 Å². The number of rotatable bonds is 5. The molecule has 122 valence electrons. The highest BCUT2D eigenvalue weighted by Gasteiger charge is 2.30. The number of nitrogens with zero attached hydrogens (tertiary/aromatic N) is 2. The van der Waals surface area contributed by atoms with Crippen molar-refractivity contribution in [2.45, 2.75) is 19.4 Å². The lowest BCUT2D eigenvalue weighted by Crippen LogP contribution is -2.47. The van der Waals surface area contributed by atoms with Crippen LogP contribution in [0.25, 0.3) is 5.69 Å². The maximum atomic E-state index is 11.9. The molecule has 8 nitrogen and oxygen atoms in total. The predicted molar refractivity (Wildman–Crippen MR) is 83.6 cm³/mol. The number of carboxylic acids is 1. The van der Waals surface area contributed by atoms with Crippen LogP contribution in [0, 0.1) is 6.92 Å². The average molecular weight is 318 g/mol. The van der Waals surface area contributed by atoms with Crippen LogP contribution in [0.5, 0.6) is 0 Å². The maximum Gasteiger partial charge on any atom is 0.337 e. The zero-order chi connectivity index (χ0) is 17.0. The monoisotopic (exact) mass is 318 g/mol. The van der Waals surface area contributed by atoms with Crippen molar-refractivity contribution in [3.05, 3.63) is 42.2 Å². The lowest BCUT2D eigenvalue weighted by Gasteiger charge is -2.19. The minimum Gasteiger partial charge on any atom is -0.479 e. The molecule has 2 amide bonds. The van der Waals surface area contributed by atoms with Gasteiger partial charge < -0.3 is 20.8 Å². The first-order valence-electron chi connectivity index (χ1n) is 6.92. The van der Waals surface area contributed by atoms with Crippen LogP contribution in [0.3, 0.4) is 0 Å². The first kappa shape index (κ1) is 16.5. The molecule has 2 rings (SSSR count). The van der Waals surface area contributed by atoms with Gasteiger partial charge in [0.2, 0.25) is 0 Å². The largest absolute Gasteiger partial charge is 0.479 e. The minimum atomic E-state index is -2.03. The molecule has 0 saturated heterocycles. The smallest absolute Gasteiger partial charge is 0.337 e. The van der Waals surface area contributed by atoms with E-state index in [2.05, 4.69) is 15.7 Å². The summed E-state index contributed by atoms with van der Waals surface area (Å²) in [6.07, 6.45) is 1.65. The maximum absolute atomic E-state index is 11.9. The summed E-state index contributed by atoms with van der Waals surface area (Å²) in [6, 6.07) is 8.28. The van der Waals surface area contributed by atoms with Crippen LogP contribution in [0.15, 0.2) is 36.5 Å². The van der Waals surface area contributed by atoms with E-state index in [9.17, 15) is 14.7 Å². The third kappa shape index (κ3) is 3.86. The van der Waals surface area contributed by atoms with E-state index >= 15 is 0 Å². The summed E-state index contributed by atoms with van der Waals surface area (Å²) < 4.78 is 1.67. The van der Waals surface area contributed by atoms with E-state index in [-0.39, 0.29) is 0 Å². The van der Waals surface area contributed by atoms with Crippen molar-refractivity contribution in [1.29, 1.82) is 0 Å². The van der Waals surface area contributed by atoms with Gasteiger partial charge >= 0.3 is 12.0 Å². The number of carbonyl (C=O) groups excluding carboxylic acids is 1. The molecule has 0 aliphatic heterocycles. The first-order chi connectivity index (χ1) is 10.8. The van der Waals surface area contributed by atoms with E-state index in [4.69, 9.17) is 5.11 Å². The number of aliphatic hydroxyl groups is 1. The molecule has 0 bridgehead atoms. The van der Waals surface area contributed by atoms with Crippen molar-refractivity contribution in [3.63, 3.8) is 0 Å². The van der Waals surface area contributed by atoms with Crippen molar-refractivity contribution >= 4 is 17.7 Å². The fraction of sp³-hybridized carbons (Fsp3) is 0.267. The summed E-state index contributed by atoms with van der Waals surface area (Å²) >= 11 is 0. The summed E-state index contributed by atoms with van der Waals surface area (Å²) in [7, 11) is 0. The molecule has 2 aromatic rings. The molecule has 1 heterocycles. The van der Waals surface area contributed by atoms with Gasteiger partial charge in [-0.05, 0) is 32.0 Å². The molecule has 1 aromatic carbocycles. The third-order valence-electron chi connectivity index (χ3n) is 3.27. The molecule has 0 aliphatic rings. The van der Waals surface area contributed by atoms with Crippen molar-refractivity contribution in [2.24, 2.45) is 0 Å². The molecule has 0 radical (unpaired) electrons. The molecular weight excluding hydrogens is 300 g/mol. The molecule has 23 heavy (non-hydrogen) atoms. The summed E-state index contributed by atoms with van der Waals surface area (Å²) in [4.78, 5) is 22.7.